The first kappa shape index (κ1) is 9.85. The van der Waals surface area contributed by atoms with Crippen LogP contribution in [0.2, 0.25) is 0 Å². The van der Waals surface area contributed by atoms with E-state index in [1.165, 1.54) is 10.9 Å². The van der Waals surface area contributed by atoms with Crippen LogP contribution in [0, 0.1) is 0 Å². The molecule has 0 amide bonds. The van der Waals surface area contributed by atoms with Crippen LogP contribution in [0.3, 0.4) is 0 Å². The Balaban J connectivity index is 2.73. The van der Waals surface area contributed by atoms with Crippen molar-refractivity contribution in [2.75, 3.05) is 0 Å². The summed E-state index contributed by atoms with van der Waals surface area (Å²) in [5.41, 5.74) is 0.348. The van der Waals surface area contributed by atoms with Gasteiger partial charge in [0.15, 0.2) is 0 Å². The molecule has 1 aromatic rings. The molecule has 72 valence electrons. The maximum Gasteiger partial charge on any atom is 0.210 e. The molecule has 0 saturated heterocycles. The van der Waals surface area contributed by atoms with Gasteiger partial charge in [0, 0.05) is 7.05 Å². The van der Waals surface area contributed by atoms with E-state index >= 15 is 0 Å². The van der Waals surface area contributed by atoms with Crippen molar-refractivity contribution in [3.8, 4) is 0 Å². The number of ketones is 1. The number of aliphatic hydroxyl groups is 1. The fraction of sp³-hybridized carbons (Fsp3) is 0.625. The second-order valence-electron chi connectivity index (χ2n) is 2.91. The average molecular weight is 183 g/mol. The molecule has 13 heavy (non-hydrogen) atoms. The molecule has 1 unspecified atom stereocenters. The Morgan fingerprint density at radius 2 is 2.46 bits per heavy atom. The van der Waals surface area contributed by atoms with Crippen molar-refractivity contribution in [2.24, 2.45) is 7.05 Å². The van der Waals surface area contributed by atoms with Gasteiger partial charge < -0.3 is 5.11 Å². The first-order chi connectivity index (χ1) is 6.16. The lowest BCUT2D eigenvalue weighted by atomic mass is 10.1. The summed E-state index contributed by atoms with van der Waals surface area (Å²) >= 11 is 0. The molecule has 0 radical (unpaired) electrons. The molecule has 1 aromatic heterocycles. The third-order valence-corrected chi connectivity index (χ3v) is 1.83. The number of aryl methyl sites for hydroxylation is 1. The Bertz CT molecular complexity index is 295. The minimum atomic E-state index is -0.929. The highest BCUT2D eigenvalue weighted by molar-refractivity contribution is 5.97. The number of aromatic nitrogens is 3. The van der Waals surface area contributed by atoms with Crippen molar-refractivity contribution >= 4 is 5.78 Å². The van der Waals surface area contributed by atoms with Gasteiger partial charge in [0.05, 0.1) is 6.20 Å². The summed E-state index contributed by atoms with van der Waals surface area (Å²) in [7, 11) is 1.62. The zero-order valence-electron chi connectivity index (χ0n) is 7.77. The number of aliphatic hydroxyl groups excluding tert-OH is 1. The molecule has 0 spiro atoms. The van der Waals surface area contributed by atoms with Crippen molar-refractivity contribution in [3.63, 3.8) is 0 Å². The number of carbonyl (C=O) groups is 1. The maximum atomic E-state index is 11.5. The highest BCUT2D eigenvalue weighted by Gasteiger charge is 2.19. The lowest BCUT2D eigenvalue weighted by Gasteiger charge is -2.06. The quantitative estimate of drug-likeness (QED) is 0.675. The van der Waals surface area contributed by atoms with E-state index in [4.69, 9.17) is 0 Å². The lowest BCUT2D eigenvalue weighted by molar-refractivity contribution is 0.0719. The standard InChI is InChI=1S/C8H13N3O2/c1-3-4-7(12)8(13)6-5-9-10-11(6)2/h5,7,12H,3-4H2,1-2H3. The van der Waals surface area contributed by atoms with E-state index < -0.39 is 6.10 Å². The van der Waals surface area contributed by atoms with Gasteiger partial charge in [-0.05, 0) is 6.42 Å². The number of carbonyl (C=O) groups excluding carboxylic acids is 1. The van der Waals surface area contributed by atoms with E-state index in [0.717, 1.165) is 6.42 Å². The smallest absolute Gasteiger partial charge is 0.210 e. The zero-order valence-corrected chi connectivity index (χ0v) is 7.77. The minimum Gasteiger partial charge on any atom is -0.385 e. The second-order valence-corrected chi connectivity index (χ2v) is 2.91. The molecular weight excluding hydrogens is 170 g/mol. The Morgan fingerprint density at radius 1 is 1.77 bits per heavy atom. The monoisotopic (exact) mass is 183 g/mol. The summed E-state index contributed by atoms with van der Waals surface area (Å²) in [5, 5.41) is 16.6. The first-order valence-corrected chi connectivity index (χ1v) is 4.23. The van der Waals surface area contributed by atoms with Gasteiger partial charge in [-0.2, -0.15) is 0 Å². The highest BCUT2D eigenvalue weighted by Crippen LogP contribution is 2.05. The van der Waals surface area contributed by atoms with Crippen LogP contribution in [-0.4, -0.2) is 32.0 Å². The van der Waals surface area contributed by atoms with Crippen LogP contribution in [0.1, 0.15) is 30.3 Å². The van der Waals surface area contributed by atoms with Crippen LogP contribution < -0.4 is 0 Å². The number of rotatable bonds is 4. The van der Waals surface area contributed by atoms with E-state index in [-0.39, 0.29) is 5.78 Å². The van der Waals surface area contributed by atoms with Gasteiger partial charge >= 0.3 is 0 Å². The molecule has 1 atom stereocenters. The molecule has 0 aliphatic rings. The maximum absolute atomic E-state index is 11.5. The van der Waals surface area contributed by atoms with E-state index in [2.05, 4.69) is 10.3 Å². The fourth-order valence-electron chi connectivity index (χ4n) is 1.09. The van der Waals surface area contributed by atoms with Crippen LogP contribution >= 0.6 is 0 Å². The van der Waals surface area contributed by atoms with E-state index in [1.54, 1.807) is 7.05 Å². The third-order valence-electron chi connectivity index (χ3n) is 1.83. The second kappa shape index (κ2) is 4.13. The summed E-state index contributed by atoms with van der Waals surface area (Å²) in [4.78, 5) is 11.5. The largest absolute Gasteiger partial charge is 0.385 e. The van der Waals surface area contributed by atoms with Gasteiger partial charge in [0.1, 0.15) is 11.8 Å². The topological polar surface area (TPSA) is 68.0 Å². The van der Waals surface area contributed by atoms with Crippen molar-refractivity contribution in [1.82, 2.24) is 15.0 Å². The molecule has 5 nitrogen and oxygen atoms in total. The summed E-state index contributed by atoms with van der Waals surface area (Å²) in [6.45, 7) is 1.91. The van der Waals surface area contributed by atoms with Gasteiger partial charge in [-0.15, -0.1) is 5.10 Å². The zero-order chi connectivity index (χ0) is 9.84. The van der Waals surface area contributed by atoms with Gasteiger partial charge in [0.2, 0.25) is 5.78 Å². The van der Waals surface area contributed by atoms with Gasteiger partial charge in [-0.3, -0.25) is 4.79 Å². The van der Waals surface area contributed by atoms with Crippen LogP contribution in [-0.2, 0) is 7.05 Å². The Kier molecular flexibility index (Phi) is 3.13. The summed E-state index contributed by atoms with van der Waals surface area (Å²) in [5.74, 6) is -0.311. The number of hydrogen-bond acceptors (Lipinski definition) is 4. The molecule has 1 N–H and O–H groups in total. The van der Waals surface area contributed by atoms with Crippen molar-refractivity contribution < 1.29 is 9.90 Å². The molecule has 0 fully saturated rings. The molecule has 1 heterocycles. The molecule has 0 aromatic carbocycles. The molecule has 5 heteroatoms. The van der Waals surface area contributed by atoms with E-state index in [0.29, 0.717) is 12.1 Å². The average Bonchev–Trinajstić information content (AvgIpc) is 2.50. The first-order valence-electron chi connectivity index (χ1n) is 4.23. The third kappa shape index (κ3) is 2.12. The molecule has 0 aliphatic heterocycles. The predicted octanol–water partition coefficient (Wildman–Crippen LogP) is 0.159. The van der Waals surface area contributed by atoms with Crippen molar-refractivity contribution in [2.45, 2.75) is 25.9 Å². The van der Waals surface area contributed by atoms with Crippen molar-refractivity contribution in [3.05, 3.63) is 11.9 Å². The predicted molar refractivity (Wildman–Crippen MR) is 46.2 cm³/mol. The molecule has 0 bridgehead atoms. The Morgan fingerprint density at radius 3 is 2.92 bits per heavy atom. The van der Waals surface area contributed by atoms with E-state index in [1.807, 2.05) is 6.92 Å². The molecule has 0 saturated carbocycles. The molecular formula is C8H13N3O2. The van der Waals surface area contributed by atoms with Crippen molar-refractivity contribution in [1.29, 1.82) is 0 Å². The lowest BCUT2D eigenvalue weighted by Crippen LogP contribution is -2.22. The van der Waals surface area contributed by atoms with Crippen LogP contribution in [0.25, 0.3) is 0 Å². The highest BCUT2D eigenvalue weighted by atomic mass is 16.3. The minimum absolute atomic E-state index is 0.311. The van der Waals surface area contributed by atoms with E-state index in [9.17, 15) is 9.90 Å². The Labute approximate surface area is 76.4 Å². The van der Waals surface area contributed by atoms with Gasteiger partial charge in [0.25, 0.3) is 0 Å². The molecule has 0 aliphatic carbocycles. The van der Waals surface area contributed by atoms with Crippen LogP contribution in [0.4, 0.5) is 0 Å². The summed E-state index contributed by atoms with van der Waals surface area (Å²) in [6, 6.07) is 0. The van der Waals surface area contributed by atoms with Gasteiger partial charge in [-0.1, -0.05) is 18.6 Å². The summed E-state index contributed by atoms with van der Waals surface area (Å²) in [6.07, 6.45) is 1.69. The fourth-order valence-corrected chi connectivity index (χ4v) is 1.09. The van der Waals surface area contributed by atoms with Gasteiger partial charge in [-0.25, -0.2) is 4.68 Å². The number of nitrogens with zero attached hydrogens (tertiary/aromatic N) is 3. The van der Waals surface area contributed by atoms with Crippen LogP contribution in [0.15, 0.2) is 6.20 Å². The number of hydrogen-bond donors (Lipinski definition) is 1. The number of Topliss-reactive ketones (excluding diaryl/α,β-unsaturated/α-hetero) is 1. The normalized spacial score (nSPS) is 12.8. The summed E-state index contributed by atoms with van der Waals surface area (Å²) < 4.78 is 1.36. The Hall–Kier alpha value is -1.23. The SMILES string of the molecule is CCCC(O)C(=O)c1cnnn1C. The molecule has 1 rings (SSSR count). The van der Waals surface area contributed by atoms with Crippen LogP contribution in [0.5, 0.6) is 0 Å².